The van der Waals surface area contributed by atoms with Crippen molar-refractivity contribution in [2.24, 2.45) is 0 Å². The van der Waals surface area contributed by atoms with Crippen molar-refractivity contribution in [1.82, 2.24) is 9.97 Å². The number of benzene rings is 3. The molecule has 0 aliphatic heterocycles. The molecule has 1 atom stereocenters. The molecule has 0 radical (unpaired) electrons. The zero-order valence-electron chi connectivity index (χ0n) is 15.0. The summed E-state index contributed by atoms with van der Waals surface area (Å²) in [5.74, 6) is 0.0737. The average Bonchev–Trinajstić information content (AvgIpc) is 3.17. The highest BCUT2D eigenvalue weighted by atomic mass is 32.2. The van der Waals surface area contributed by atoms with Crippen LogP contribution in [0.1, 0.15) is 0 Å². The molecule has 0 amide bonds. The van der Waals surface area contributed by atoms with Crippen LogP contribution in [0, 0.1) is 0 Å². The molecule has 0 aliphatic carbocycles. The Balaban J connectivity index is 1.83. The smallest absolute Gasteiger partial charge is 0.298 e. The molecule has 0 spiro atoms. The monoisotopic (exact) mass is 439 g/mol. The van der Waals surface area contributed by atoms with Crippen LogP contribution in [0.3, 0.4) is 0 Å². The standard InChI is InChI=1S/C20H12N2O6S2/c23-29(24)13-6-7-14-12(9-13)10-17(30(25,26)27)19-18(14)22-20(28-19)16-8-5-11-3-1-2-4-15(11)21-16/h1-10H,(H,23,24)(H,25,26,27)/p-1. The maximum Gasteiger partial charge on any atom is 0.298 e. The van der Waals surface area contributed by atoms with Gasteiger partial charge in [-0.1, -0.05) is 30.3 Å². The Labute approximate surface area is 172 Å². The molecule has 0 saturated carbocycles. The number of aromatic nitrogens is 2. The van der Waals surface area contributed by atoms with Crippen molar-refractivity contribution >= 4 is 54.0 Å². The fourth-order valence-corrected chi connectivity index (χ4v) is 4.39. The minimum Gasteiger partial charge on any atom is -0.768 e. The minimum atomic E-state index is -4.67. The number of oxazole rings is 1. The number of pyridine rings is 1. The molecule has 10 heteroatoms. The normalized spacial score (nSPS) is 13.3. The lowest BCUT2D eigenvalue weighted by Crippen LogP contribution is -1.99. The van der Waals surface area contributed by atoms with E-state index in [-0.39, 0.29) is 27.3 Å². The predicted octanol–water partition coefficient (Wildman–Crippen LogP) is 3.68. The molecule has 150 valence electrons. The second-order valence-electron chi connectivity index (χ2n) is 6.55. The van der Waals surface area contributed by atoms with E-state index in [9.17, 15) is 21.7 Å². The van der Waals surface area contributed by atoms with Crippen LogP contribution in [0.25, 0.3) is 44.4 Å². The molecule has 0 aliphatic rings. The summed E-state index contributed by atoms with van der Waals surface area (Å²) < 4.78 is 61.9. The molecule has 3 aromatic carbocycles. The van der Waals surface area contributed by atoms with E-state index in [0.717, 1.165) is 11.5 Å². The molecule has 2 aromatic heterocycles. The van der Waals surface area contributed by atoms with Crippen molar-refractivity contribution in [2.45, 2.75) is 9.79 Å². The lowest BCUT2D eigenvalue weighted by molar-refractivity contribution is 0.482. The summed E-state index contributed by atoms with van der Waals surface area (Å²) in [6.07, 6.45) is 0. The molecule has 0 bridgehead atoms. The fraction of sp³-hybridized carbons (Fsp3) is 0. The molecule has 5 aromatic rings. The number of nitrogens with zero attached hydrogens (tertiary/aromatic N) is 2. The van der Waals surface area contributed by atoms with Crippen LogP contribution in [-0.2, 0) is 21.2 Å². The average molecular weight is 439 g/mol. The quantitative estimate of drug-likeness (QED) is 0.332. The summed E-state index contributed by atoms with van der Waals surface area (Å²) in [5, 5.41) is 1.67. The second kappa shape index (κ2) is 6.67. The van der Waals surface area contributed by atoms with E-state index in [1.54, 1.807) is 6.07 Å². The molecule has 0 saturated heterocycles. The van der Waals surface area contributed by atoms with Gasteiger partial charge in [-0.3, -0.25) is 8.76 Å². The molecule has 5 rings (SSSR count). The van der Waals surface area contributed by atoms with Gasteiger partial charge in [-0.2, -0.15) is 8.42 Å². The number of fused-ring (bicyclic) bond motifs is 4. The van der Waals surface area contributed by atoms with Crippen LogP contribution in [-0.4, -0.2) is 31.7 Å². The number of hydrogen-bond acceptors (Lipinski definition) is 7. The molecular weight excluding hydrogens is 428 g/mol. The summed E-state index contributed by atoms with van der Waals surface area (Å²) in [4.78, 5) is 8.38. The van der Waals surface area contributed by atoms with E-state index in [4.69, 9.17) is 4.42 Å². The van der Waals surface area contributed by atoms with Crippen molar-refractivity contribution in [3.63, 3.8) is 0 Å². The van der Waals surface area contributed by atoms with Gasteiger partial charge in [-0.15, -0.1) is 0 Å². The highest BCUT2D eigenvalue weighted by Crippen LogP contribution is 2.35. The summed E-state index contributed by atoms with van der Waals surface area (Å²) >= 11 is -2.50. The fourth-order valence-electron chi connectivity index (χ4n) is 3.34. The van der Waals surface area contributed by atoms with Crippen LogP contribution in [0.2, 0.25) is 0 Å². The Bertz CT molecular complexity index is 1610. The lowest BCUT2D eigenvalue weighted by atomic mass is 10.1. The van der Waals surface area contributed by atoms with Gasteiger partial charge in [0.2, 0.25) is 5.89 Å². The number of hydrogen-bond donors (Lipinski definition) is 1. The summed E-state index contributed by atoms with van der Waals surface area (Å²) in [7, 11) is -4.67. The van der Waals surface area contributed by atoms with Crippen molar-refractivity contribution in [2.75, 3.05) is 0 Å². The predicted molar refractivity (Wildman–Crippen MR) is 109 cm³/mol. The van der Waals surface area contributed by atoms with Crippen LogP contribution < -0.4 is 0 Å². The SMILES string of the molecule is O=S([O-])c1ccc2c(c1)cc(S(=O)(=O)O)c1oc(-c3ccc4ccccc4n3)nc12. The zero-order chi connectivity index (χ0) is 21.0. The minimum absolute atomic E-state index is 0.0250. The van der Waals surface area contributed by atoms with Gasteiger partial charge < -0.3 is 8.97 Å². The van der Waals surface area contributed by atoms with Gasteiger partial charge in [0, 0.05) is 15.7 Å². The largest absolute Gasteiger partial charge is 0.768 e. The van der Waals surface area contributed by atoms with Gasteiger partial charge in [-0.25, -0.2) is 9.97 Å². The molecule has 2 heterocycles. The van der Waals surface area contributed by atoms with E-state index in [1.165, 1.54) is 18.2 Å². The van der Waals surface area contributed by atoms with E-state index < -0.39 is 26.1 Å². The second-order valence-corrected chi connectivity index (χ2v) is 8.88. The number of rotatable bonds is 3. The summed E-state index contributed by atoms with van der Waals surface area (Å²) in [6.45, 7) is 0. The van der Waals surface area contributed by atoms with E-state index in [0.29, 0.717) is 16.6 Å². The third-order valence-electron chi connectivity index (χ3n) is 4.70. The first kappa shape index (κ1) is 18.8. The summed E-state index contributed by atoms with van der Waals surface area (Å²) in [6, 6.07) is 16.3. The van der Waals surface area contributed by atoms with Gasteiger partial charge >= 0.3 is 0 Å². The van der Waals surface area contributed by atoms with E-state index in [2.05, 4.69) is 9.97 Å². The first-order valence-electron chi connectivity index (χ1n) is 8.61. The van der Waals surface area contributed by atoms with Crippen LogP contribution >= 0.6 is 0 Å². The first-order chi connectivity index (χ1) is 14.3. The number of para-hydroxylation sites is 1. The highest BCUT2D eigenvalue weighted by Gasteiger charge is 2.23. The maximum atomic E-state index is 12.0. The van der Waals surface area contributed by atoms with Gasteiger partial charge in [0.25, 0.3) is 10.1 Å². The Morgan fingerprint density at radius 2 is 1.77 bits per heavy atom. The van der Waals surface area contributed by atoms with Gasteiger partial charge in [-0.05, 0) is 46.8 Å². The van der Waals surface area contributed by atoms with Crippen molar-refractivity contribution in [3.8, 4) is 11.6 Å². The van der Waals surface area contributed by atoms with Crippen LogP contribution in [0.4, 0.5) is 0 Å². The van der Waals surface area contributed by atoms with Crippen molar-refractivity contribution in [1.29, 1.82) is 0 Å². The maximum absolute atomic E-state index is 12.0. The van der Waals surface area contributed by atoms with Crippen molar-refractivity contribution in [3.05, 3.63) is 60.7 Å². The van der Waals surface area contributed by atoms with Gasteiger partial charge in [0.05, 0.1) is 5.52 Å². The molecule has 30 heavy (non-hydrogen) atoms. The van der Waals surface area contributed by atoms with Crippen LogP contribution in [0.15, 0.2) is 74.9 Å². The van der Waals surface area contributed by atoms with Crippen LogP contribution in [0.5, 0.6) is 0 Å². The topological polar surface area (TPSA) is 133 Å². The Hall–Kier alpha value is -3.18. The van der Waals surface area contributed by atoms with Crippen molar-refractivity contribution < 1.29 is 26.1 Å². The third kappa shape index (κ3) is 3.06. The Morgan fingerprint density at radius 3 is 2.53 bits per heavy atom. The van der Waals surface area contributed by atoms with Gasteiger partial charge in [0.1, 0.15) is 16.1 Å². The molecular formula is C20H11N2O6S2-. The lowest BCUT2D eigenvalue weighted by Gasteiger charge is -2.07. The zero-order valence-corrected chi connectivity index (χ0v) is 16.6. The van der Waals surface area contributed by atoms with Gasteiger partial charge in [0.15, 0.2) is 5.58 Å². The molecule has 8 nitrogen and oxygen atoms in total. The summed E-state index contributed by atoms with van der Waals surface area (Å²) in [5.41, 5.74) is 1.13. The Kier molecular flexibility index (Phi) is 4.19. The molecule has 0 fully saturated rings. The third-order valence-corrected chi connectivity index (χ3v) is 6.20. The van der Waals surface area contributed by atoms with E-state index >= 15 is 0 Å². The first-order valence-corrected chi connectivity index (χ1v) is 11.1. The molecule has 1 N–H and O–H groups in total. The highest BCUT2D eigenvalue weighted by molar-refractivity contribution is 7.86. The Morgan fingerprint density at radius 1 is 0.967 bits per heavy atom. The molecule has 1 unspecified atom stereocenters. The van der Waals surface area contributed by atoms with E-state index in [1.807, 2.05) is 30.3 Å².